The molecule has 132 valence electrons. The van der Waals surface area contributed by atoms with Crippen LogP contribution in [0.2, 0.25) is 0 Å². The first-order valence-corrected chi connectivity index (χ1v) is 10.0. The molecule has 0 aromatic rings. The van der Waals surface area contributed by atoms with Crippen LogP contribution in [0.25, 0.3) is 0 Å². The summed E-state index contributed by atoms with van der Waals surface area (Å²) in [5.41, 5.74) is 0. The molecule has 0 amide bonds. The lowest BCUT2D eigenvalue weighted by Gasteiger charge is -2.03. The fourth-order valence-corrected chi connectivity index (χ4v) is 2.90. The lowest BCUT2D eigenvalue weighted by molar-refractivity contribution is 0.361. The molecule has 0 bridgehead atoms. The van der Waals surface area contributed by atoms with Gasteiger partial charge in [-0.2, -0.15) is 0 Å². The van der Waals surface area contributed by atoms with Crippen molar-refractivity contribution in [3.8, 4) is 0 Å². The SMILES string of the molecule is CCCCCCCCCCCCCCCCCCN=CCO. The largest absolute Gasteiger partial charge is 0.391 e. The number of aliphatic hydroxyl groups is 1. The van der Waals surface area contributed by atoms with Crippen molar-refractivity contribution in [3.05, 3.63) is 0 Å². The van der Waals surface area contributed by atoms with Gasteiger partial charge in [0.15, 0.2) is 0 Å². The van der Waals surface area contributed by atoms with Gasteiger partial charge in [0.1, 0.15) is 0 Å². The van der Waals surface area contributed by atoms with Crippen molar-refractivity contribution < 1.29 is 5.11 Å². The van der Waals surface area contributed by atoms with Gasteiger partial charge in [-0.15, -0.1) is 0 Å². The van der Waals surface area contributed by atoms with E-state index in [2.05, 4.69) is 11.9 Å². The zero-order valence-electron chi connectivity index (χ0n) is 15.2. The summed E-state index contributed by atoms with van der Waals surface area (Å²) in [5.74, 6) is 0. The third-order valence-electron chi connectivity index (χ3n) is 4.35. The number of aliphatic imine (C=N–C) groups is 1. The summed E-state index contributed by atoms with van der Waals surface area (Å²) >= 11 is 0. The lowest BCUT2D eigenvalue weighted by Crippen LogP contribution is -1.87. The second-order valence-corrected chi connectivity index (χ2v) is 6.57. The summed E-state index contributed by atoms with van der Waals surface area (Å²) in [5, 5.41) is 8.55. The van der Waals surface area contributed by atoms with Crippen molar-refractivity contribution in [2.45, 2.75) is 110 Å². The van der Waals surface area contributed by atoms with Gasteiger partial charge in [-0.25, -0.2) is 0 Å². The van der Waals surface area contributed by atoms with Crippen molar-refractivity contribution in [2.75, 3.05) is 13.2 Å². The van der Waals surface area contributed by atoms with Gasteiger partial charge in [-0.1, -0.05) is 103 Å². The molecule has 22 heavy (non-hydrogen) atoms. The summed E-state index contributed by atoms with van der Waals surface area (Å²) in [6.07, 6.45) is 24.1. The molecule has 0 aliphatic rings. The van der Waals surface area contributed by atoms with Gasteiger partial charge < -0.3 is 5.11 Å². The summed E-state index contributed by atoms with van der Waals surface area (Å²) in [6.45, 7) is 3.26. The van der Waals surface area contributed by atoms with Crippen LogP contribution in [0.1, 0.15) is 110 Å². The van der Waals surface area contributed by atoms with Gasteiger partial charge in [0.25, 0.3) is 0 Å². The maximum absolute atomic E-state index is 8.55. The molecule has 0 aromatic heterocycles. The number of aliphatic hydroxyl groups excluding tert-OH is 1. The van der Waals surface area contributed by atoms with E-state index in [4.69, 9.17) is 5.11 Å². The highest BCUT2D eigenvalue weighted by atomic mass is 16.2. The van der Waals surface area contributed by atoms with Crippen molar-refractivity contribution in [3.63, 3.8) is 0 Å². The Morgan fingerprint density at radius 2 is 0.955 bits per heavy atom. The van der Waals surface area contributed by atoms with Gasteiger partial charge in [-0.3, -0.25) is 4.99 Å². The minimum absolute atomic E-state index is 0.0822. The number of nitrogens with zero attached hydrogens (tertiary/aromatic N) is 1. The molecule has 0 aromatic carbocycles. The minimum atomic E-state index is 0.0822. The minimum Gasteiger partial charge on any atom is -0.391 e. The molecule has 0 unspecified atom stereocenters. The summed E-state index contributed by atoms with van der Waals surface area (Å²) < 4.78 is 0. The van der Waals surface area contributed by atoms with Gasteiger partial charge >= 0.3 is 0 Å². The molecule has 0 atom stereocenters. The highest BCUT2D eigenvalue weighted by Gasteiger charge is 1.94. The Morgan fingerprint density at radius 1 is 0.591 bits per heavy atom. The summed E-state index contributed by atoms with van der Waals surface area (Å²) in [7, 11) is 0. The average molecular weight is 312 g/mol. The van der Waals surface area contributed by atoms with Crippen LogP contribution >= 0.6 is 0 Å². The fraction of sp³-hybridized carbons (Fsp3) is 0.950. The first-order valence-electron chi connectivity index (χ1n) is 10.0. The van der Waals surface area contributed by atoms with Gasteiger partial charge in [0.2, 0.25) is 0 Å². The maximum Gasteiger partial charge on any atom is 0.0779 e. The van der Waals surface area contributed by atoms with Crippen LogP contribution in [0.5, 0.6) is 0 Å². The highest BCUT2D eigenvalue weighted by Crippen LogP contribution is 2.13. The van der Waals surface area contributed by atoms with Crippen molar-refractivity contribution >= 4 is 6.21 Å². The summed E-state index contributed by atoms with van der Waals surface area (Å²) in [4.78, 5) is 4.12. The van der Waals surface area contributed by atoms with E-state index < -0.39 is 0 Å². The second kappa shape index (κ2) is 20.6. The van der Waals surface area contributed by atoms with E-state index in [1.165, 1.54) is 103 Å². The number of hydrogen-bond donors (Lipinski definition) is 1. The van der Waals surface area contributed by atoms with Crippen LogP contribution in [-0.2, 0) is 0 Å². The van der Waals surface area contributed by atoms with Gasteiger partial charge in [0, 0.05) is 12.8 Å². The molecule has 0 saturated carbocycles. The number of hydrogen-bond acceptors (Lipinski definition) is 2. The lowest BCUT2D eigenvalue weighted by atomic mass is 10.0. The molecule has 0 aliphatic heterocycles. The van der Waals surface area contributed by atoms with Crippen LogP contribution in [0.15, 0.2) is 4.99 Å². The van der Waals surface area contributed by atoms with Crippen LogP contribution in [0.4, 0.5) is 0 Å². The first-order chi connectivity index (χ1) is 10.9. The van der Waals surface area contributed by atoms with Crippen molar-refractivity contribution in [1.82, 2.24) is 0 Å². The molecule has 0 radical (unpaired) electrons. The van der Waals surface area contributed by atoms with Crippen LogP contribution in [-0.4, -0.2) is 24.5 Å². The Hall–Kier alpha value is -0.370. The van der Waals surface area contributed by atoms with E-state index in [1.807, 2.05) is 0 Å². The molecule has 2 nitrogen and oxygen atoms in total. The number of rotatable bonds is 18. The first kappa shape index (κ1) is 21.6. The molecule has 0 aliphatic carbocycles. The molecule has 0 rings (SSSR count). The average Bonchev–Trinajstić information content (AvgIpc) is 2.54. The molecular weight excluding hydrogens is 270 g/mol. The van der Waals surface area contributed by atoms with Crippen LogP contribution in [0.3, 0.4) is 0 Å². The fourth-order valence-electron chi connectivity index (χ4n) is 2.90. The second-order valence-electron chi connectivity index (χ2n) is 6.57. The van der Waals surface area contributed by atoms with Crippen LogP contribution < -0.4 is 0 Å². The summed E-state index contributed by atoms with van der Waals surface area (Å²) in [6, 6.07) is 0. The van der Waals surface area contributed by atoms with Crippen molar-refractivity contribution in [1.29, 1.82) is 0 Å². The van der Waals surface area contributed by atoms with E-state index in [-0.39, 0.29) is 6.61 Å². The normalized spacial score (nSPS) is 11.5. The third kappa shape index (κ3) is 19.6. The third-order valence-corrected chi connectivity index (χ3v) is 4.35. The maximum atomic E-state index is 8.55. The Labute approximate surface area is 139 Å². The highest BCUT2D eigenvalue weighted by molar-refractivity contribution is 5.57. The van der Waals surface area contributed by atoms with E-state index in [9.17, 15) is 0 Å². The molecule has 0 fully saturated rings. The number of unbranched alkanes of at least 4 members (excludes halogenated alkanes) is 15. The van der Waals surface area contributed by atoms with E-state index in [0.29, 0.717) is 0 Å². The van der Waals surface area contributed by atoms with Gasteiger partial charge in [-0.05, 0) is 6.42 Å². The van der Waals surface area contributed by atoms with Crippen molar-refractivity contribution in [2.24, 2.45) is 4.99 Å². The van der Waals surface area contributed by atoms with E-state index in [1.54, 1.807) is 6.21 Å². The molecular formula is C20H41NO. The predicted molar refractivity (Wildman–Crippen MR) is 100.0 cm³/mol. The van der Waals surface area contributed by atoms with E-state index in [0.717, 1.165) is 6.54 Å². The molecule has 0 spiro atoms. The standard InChI is InChI=1S/C20H41NO/c1-2-3-4-5-6-7-8-9-10-11-12-13-14-15-16-17-18-21-19-20-22/h19,22H,2-18,20H2,1H3. The molecule has 2 heteroatoms. The quantitative estimate of drug-likeness (QED) is 0.233. The Morgan fingerprint density at radius 3 is 1.32 bits per heavy atom. The molecule has 0 saturated heterocycles. The molecule has 1 N–H and O–H groups in total. The van der Waals surface area contributed by atoms with Gasteiger partial charge in [0.05, 0.1) is 6.61 Å². The smallest absolute Gasteiger partial charge is 0.0779 e. The Bertz CT molecular complexity index is 216. The zero-order chi connectivity index (χ0) is 16.1. The van der Waals surface area contributed by atoms with Crippen LogP contribution in [0, 0.1) is 0 Å². The Balaban J connectivity index is 2.95. The Kier molecular flexibility index (Phi) is 20.3. The predicted octanol–water partition coefficient (Wildman–Crippen LogP) is 6.31. The zero-order valence-corrected chi connectivity index (χ0v) is 15.2. The van der Waals surface area contributed by atoms with E-state index >= 15 is 0 Å². The molecule has 0 heterocycles. The topological polar surface area (TPSA) is 32.6 Å². The monoisotopic (exact) mass is 311 g/mol.